The van der Waals surface area contributed by atoms with Crippen molar-refractivity contribution in [2.45, 2.75) is 83.8 Å². The van der Waals surface area contributed by atoms with Crippen LogP contribution in [0, 0.1) is 29.1 Å². The van der Waals surface area contributed by atoms with Gasteiger partial charge in [0.2, 0.25) is 5.82 Å². The molecule has 0 bridgehead atoms. The van der Waals surface area contributed by atoms with Gasteiger partial charge in [-0.1, -0.05) is 38.5 Å². The predicted molar refractivity (Wildman–Crippen MR) is 108 cm³/mol. The molecule has 1 aromatic carbocycles. The molecule has 0 atom stereocenters. The molecule has 1 aromatic rings. The first-order chi connectivity index (χ1) is 14.2. The van der Waals surface area contributed by atoms with Crippen molar-refractivity contribution in [1.29, 1.82) is 0 Å². The Balaban J connectivity index is 2.22. The molecule has 1 rings (SSSR count). The maximum absolute atomic E-state index is 13.6. The van der Waals surface area contributed by atoms with Gasteiger partial charge < -0.3 is 13.3 Å². The van der Waals surface area contributed by atoms with Gasteiger partial charge in [0, 0.05) is 31.9 Å². The lowest BCUT2D eigenvalue weighted by atomic mass is 10.0. The maximum Gasteiger partial charge on any atom is 0.500 e. The first-order valence-electron chi connectivity index (χ1n) is 10.5. The van der Waals surface area contributed by atoms with E-state index >= 15 is 0 Å². The molecule has 0 amide bonds. The fraction of sp³-hybridized carbons (Fsp3) is 0.714. The van der Waals surface area contributed by atoms with Crippen molar-refractivity contribution < 1.29 is 35.2 Å². The molecule has 0 spiro atoms. The zero-order chi connectivity index (χ0) is 22.7. The van der Waals surface area contributed by atoms with Gasteiger partial charge in [0.15, 0.2) is 23.3 Å². The molecular formula is C21H33F5O3Si. The van der Waals surface area contributed by atoms with Gasteiger partial charge in [-0.05, 0) is 33.1 Å². The Morgan fingerprint density at radius 1 is 0.633 bits per heavy atom. The number of unbranched alkanes of at least 4 members (excludes halogenated alkanes) is 7. The maximum atomic E-state index is 13.6. The highest BCUT2D eigenvalue weighted by Crippen LogP contribution is 2.25. The smallest absolute Gasteiger partial charge is 0.377 e. The van der Waals surface area contributed by atoms with E-state index in [1.807, 2.05) is 13.8 Å². The van der Waals surface area contributed by atoms with Crippen molar-refractivity contribution in [2.75, 3.05) is 14.2 Å². The average molecular weight is 457 g/mol. The Kier molecular flexibility index (Phi) is 12.1. The second-order valence-corrected chi connectivity index (χ2v) is 10.6. The first kappa shape index (κ1) is 27.0. The van der Waals surface area contributed by atoms with Crippen molar-refractivity contribution in [3.8, 4) is 0 Å². The summed E-state index contributed by atoms with van der Waals surface area (Å²) in [6, 6.07) is 0.764. The zero-order valence-electron chi connectivity index (χ0n) is 18.3. The molecule has 30 heavy (non-hydrogen) atoms. The highest BCUT2D eigenvalue weighted by molar-refractivity contribution is 6.60. The standard InChI is InChI=1S/C21H33F5O3Si/c1-15(2)29-30(27-3,28-4)14-12-10-8-6-5-7-9-11-13-16-17(22)19(24)21(26)20(25)18(16)23/h15H,5-14H2,1-4H3. The largest absolute Gasteiger partial charge is 0.500 e. The lowest BCUT2D eigenvalue weighted by molar-refractivity contribution is 0.0693. The average Bonchev–Trinajstić information content (AvgIpc) is 2.73. The molecule has 0 aliphatic heterocycles. The molecule has 0 aromatic heterocycles. The fourth-order valence-corrected chi connectivity index (χ4v) is 5.66. The van der Waals surface area contributed by atoms with Crippen LogP contribution in [0.2, 0.25) is 6.04 Å². The van der Waals surface area contributed by atoms with Gasteiger partial charge in [-0.15, -0.1) is 0 Å². The summed E-state index contributed by atoms with van der Waals surface area (Å²) < 4.78 is 83.5. The molecule has 0 saturated carbocycles. The molecule has 0 aliphatic carbocycles. The number of halogens is 5. The van der Waals surface area contributed by atoms with Crippen LogP contribution in [0.1, 0.15) is 70.8 Å². The van der Waals surface area contributed by atoms with E-state index in [4.69, 9.17) is 13.3 Å². The van der Waals surface area contributed by atoms with E-state index < -0.39 is 43.5 Å². The van der Waals surface area contributed by atoms with Crippen LogP contribution in [0.4, 0.5) is 22.0 Å². The number of hydrogen-bond donors (Lipinski definition) is 0. The second kappa shape index (κ2) is 13.4. The van der Waals surface area contributed by atoms with Crippen LogP contribution >= 0.6 is 0 Å². The third-order valence-electron chi connectivity index (χ3n) is 5.00. The summed E-state index contributed by atoms with van der Waals surface area (Å²) in [5, 5.41) is 0. The molecule has 0 saturated heterocycles. The Bertz CT molecular complexity index is 625. The van der Waals surface area contributed by atoms with E-state index in [0.29, 0.717) is 12.8 Å². The molecule has 0 N–H and O–H groups in total. The minimum absolute atomic E-state index is 0.0430. The summed E-state index contributed by atoms with van der Waals surface area (Å²) in [5.74, 6) is -9.31. The number of benzene rings is 1. The zero-order valence-corrected chi connectivity index (χ0v) is 19.3. The van der Waals surface area contributed by atoms with Crippen molar-refractivity contribution >= 4 is 8.80 Å². The van der Waals surface area contributed by atoms with Crippen LogP contribution < -0.4 is 0 Å². The summed E-state index contributed by atoms with van der Waals surface area (Å²) in [4.78, 5) is 0. The van der Waals surface area contributed by atoms with Gasteiger partial charge in [0.05, 0.1) is 0 Å². The Morgan fingerprint density at radius 2 is 1.03 bits per heavy atom. The van der Waals surface area contributed by atoms with Crippen LogP contribution in [0.5, 0.6) is 0 Å². The van der Waals surface area contributed by atoms with Crippen molar-refractivity contribution in [3.63, 3.8) is 0 Å². The first-order valence-corrected chi connectivity index (χ1v) is 12.4. The van der Waals surface area contributed by atoms with Crippen LogP contribution in [-0.4, -0.2) is 29.1 Å². The lowest BCUT2D eigenvalue weighted by Gasteiger charge is -2.28. The molecule has 3 nitrogen and oxygen atoms in total. The molecule has 0 fully saturated rings. The third kappa shape index (κ3) is 7.90. The van der Waals surface area contributed by atoms with Gasteiger partial charge in [0.25, 0.3) is 0 Å². The minimum atomic E-state index is -2.58. The van der Waals surface area contributed by atoms with E-state index in [2.05, 4.69) is 0 Å². The van der Waals surface area contributed by atoms with E-state index in [1.165, 1.54) is 0 Å². The molecule has 0 unspecified atom stereocenters. The van der Waals surface area contributed by atoms with Crippen LogP contribution in [0.25, 0.3) is 0 Å². The quantitative estimate of drug-likeness (QED) is 0.0966. The van der Waals surface area contributed by atoms with Crippen molar-refractivity contribution in [2.24, 2.45) is 0 Å². The summed E-state index contributed by atoms with van der Waals surface area (Å²) in [5.41, 5.74) is -0.723. The Labute approximate surface area is 177 Å². The summed E-state index contributed by atoms with van der Waals surface area (Å²) >= 11 is 0. The summed E-state index contributed by atoms with van der Waals surface area (Å²) in [7, 11) is 0.647. The van der Waals surface area contributed by atoms with Crippen molar-refractivity contribution in [3.05, 3.63) is 34.6 Å². The van der Waals surface area contributed by atoms with Gasteiger partial charge in [-0.25, -0.2) is 22.0 Å². The molecule has 9 heteroatoms. The molecule has 0 aliphatic rings. The number of rotatable bonds is 15. The van der Waals surface area contributed by atoms with E-state index in [9.17, 15) is 22.0 Å². The van der Waals surface area contributed by atoms with Gasteiger partial charge in [-0.3, -0.25) is 0 Å². The summed E-state index contributed by atoms with van der Waals surface area (Å²) in [6.45, 7) is 3.90. The van der Waals surface area contributed by atoms with Gasteiger partial charge in [0.1, 0.15) is 0 Å². The Hall–Kier alpha value is -1.03. The van der Waals surface area contributed by atoms with Gasteiger partial charge >= 0.3 is 8.80 Å². The monoisotopic (exact) mass is 456 g/mol. The number of hydrogen-bond acceptors (Lipinski definition) is 3. The topological polar surface area (TPSA) is 27.7 Å². The Morgan fingerprint density at radius 3 is 1.47 bits per heavy atom. The molecule has 0 heterocycles. The van der Waals surface area contributed by atoms with E-state index in [-0.39, 0.29) is 12.5 Å². The lowest BCUT2D eigenvalue weighted by Crippen LogP contribution is -2.45. The highest BCUT2D eigenvalue weighted by Gasteiger charge is 2.39. The molecular weight excluding hydrogens is 423 g/mol. The highest BCUT2D eigenvalue weighted by atomic mass is 28.4. The van der Waals surface area contributed by atoms with E-state index in [1.54, 1.807) is 14.2 Å². The predicted octanol–water partition coefficient (Wildman–Crippen LogP) is 6.70. The SMILES string of the molecule is CO[Si](CCCCCCCCCCc1c(F)c(F)c(F)c(F)c1F)(OC)OC(C)C. The second-order valence-electron chi connectivity index (χ2n) is 7.63. The van der Waals surface area contributed by atoms with E-state index in [0.717, 1.165) is 44.6 Å². The van der Waals surface area contributed by atoms with Gasteiger partial charge in [-0.2, -0.15) is 0 Å². The van der Waals surface area contributed by atoms with Crippen molar-refractivity contribution in [1.82, 2.24) is 0 Å². The molecule has 174 valence electrons. The fourth-order valence-electron chi connectivity index (χ4n) is 3.38. The minimum Gasteiger partial charge on any atom is -0.377 e. The normalized spacial score (nSPS) is 12.2. The summed E-state index contributed by atoms with van der Waals surface area (Å²) in [6.07, 6.45) is 6.75. The van der Waals surface area contributed by atoms with Crippen LogP contribution in [0.3, 0.4) is 0 Å². The van der Waals surface area contributed by atoms with Crippen LogP contribution in [0.15, 0.2) is 0 Å². The van der Waals surface area contributed by atoms with Crippen LogP contribution in [-0.2, 0) is 19.7 Å². The molecule has 0 radical (unpaired) electrons. The third-order valence-corrected chi connectivity index (χ3v) is 8.04.